The van der Waals surface area contributed by atoms with Crippen molar-refractivity contribution in [1.29, 1.82) is 0 Å². The molecule has 1 unspecified atom stereocenters. The molecule has 0 spiro atoms. The van der Waals surface area contributed by atoms with Crippen LogP contribution >= 0.6 is 11.3 Å². The first-order chi connectivity index (χ1) is 13.6. The van der Waals surface area contributed by atoms with Gasteiger partial charge in [-0.15, -0.1) is 11.3 Å². The molecule has 142 valence electrons. The number of hydrogen-bond donors (Lipinski definition) is 2. The lowest BCUT2D eigenvalue weighted by Crippen LogP contribution is -2.30. The third-order valence-corrected chi connectivity index (χ3v) is 5.69. The first kappa shape index (κ1) is 18.4. The molecule has 0 saturated carbocycles. The average Bonchev–Trinajstić information content (AvgIpc) is 3.13. The van der Waals surface area contributed by atoms with Crippen molar-refractivity contribution >= 4 is 34.5 Å². The first-order valence-corrected chi connectivity index (χ1v) is 10.2. The van der Waals surface area contributed by atoms with E-state index in [1.165, 1.54) is 0 Å². The number of anilines is 2. The van der Waals surface area contributed by atoms with Gasteiger partial charge in [0.2, 0.25) is 11.8 Å². The number of nitrogens with zero attached hydrogens (tertiary/aromatic N) is 1. The van der Waals surface area contributed by atoms with Crippen LogP contribution in [0.3, 0.4) is 0 Å². The van der Waals surface area contributed by atoms with Crippen LogP contribution in [0, 0.1) is 12.8 Å². The minimum absolute atomic E-state index is 0.00518. The van der Waals surface area contributed by atoms with E-state index in [1.54, 1.807) is 11.3 Å². The molecule has 0 bridgehead atoms. The van der Waals surface area contributed by atoms with Gasteiger partial charge in [0.15, 0.2) is 0 Å². The van der Waals surface area contributed by atoms with E-state index in [9.17, 15) is 9.59 Å². The number of thiazole rings is 1. The summed E-state index contributed by atoms with van der Waals surface area (Å²) < 4.78 is 0. The predicted octanol–water partition coefficient (Wildman–Crippen LogP) is 4.65. The lowest BCUT2D eigenvalue weighted by atomic mass is 9.89. The fraction of sp³-hybridized carbons (Fsp3) is 0.227. The second-order valence-corrected chi connectivity index (χ2v) is 8.03. The Morgan fingerprint density at radius 2 is 2.00 bits per heavy atom. The molecule has 2 amide bonds. The van der Waals surface area contributed by atoms with Gasteiger partial charge in [-0.3, -0.25) is 9.59 Å². The van der Waals surface area contributed by atoms with Crippen LogP contribution in [0.2, 0.25) is 0 Å². The van der Waals surface area contributed by atoms with Crippen molar-refractivity contribution < 1.29 is 9.59 Å². The average molecular weight is 391 g/mol. The molecule has 6 heteroatoms. The van der Waals surface area contributed by atoms with E-state index in [0.29, 0.717) is 19.3 Å². The van der Waals surface area contributed by atoms with Crippen LogP contribution in [0.1, 0.15) is 23.4 Å². The molecular weight excluding hydrogens is 370 g/mol. The lowest BCUT2D eigenvalue weighted by Gasteiger charge is -2.24. The summed E-state index contributed by atoms with van der Waals surface area (Å²) in [7, 11) is 0. The maximum Gasteiger partial charge on any atom is 0.227 e. The van der Waals surface area contributed by atoms with E-state index in [0.717, 1.165) is 33.2 Å². The van der Waals surface area contributed by atoms with E-state index in [4.69, 9.17) is 0 Å². The van der Waals surface area contributed by atoms with Crippen molar-refractivity contribution in [3.05, 3.63) is 64.5 Å². The molecular formula is C22H21N3O2S. The summed E-state index contributed by atoms with van der Waals surface area (Å²) in [4.78, 5) is 29.0. The Morgan fingerprint density at radius 1 is 1.21 bits per heavy atom. The van der Waals surface area contributed by atoms with Crippen molar-refractivity contribution in [2.24, 2.45) is 5.92 Å². The zero-order valence-corrected chi connectivity index (χ0v) is 16.4. The highest BCUT2D eigenvalue weighted by Crippen LogP contribution is 2.28. The molecule has 0 fully saturated rings. The molecule has 1 aliphatic heterocycles. The molecule has 4 rings (SSSR count). The van der Waals surface area contributed by atoms with Crippen LogP contribution in [0.4, 0.5) is 11.4 Å². The minimum Gasteiger partial charge on any atom is -0.326 e. The minimum atomic E-state index is -0.170. The van der Waals surface area contributed by atoms with Gasteiger partial charge in [0.25, 0.3) is 0 Å². The van der Waals surface area contributed by atoms with Gasteiger partial charge < -0.3 is 10.6 Å². The van der Waals surface area contributed by atoms with Crippen LogP contribution in [-0.4, -0.2) is 16.8 Å². The van der Waals surface area contributed by atoms with E-state index >= 15 is 0 Å². The quantitative estimate of drug-likeness (QED) is 0.665. The fourth-order valence-corrected chi connectivity index (χ4v) is 4.02. The molecule has 0 saturated heterocycles. The zero-order chi connectivity index (χ0) is 19.5. The number of carbonyl (C=O) groups excluding carboxylic acids is 2. The molecule has 5 nitrogen and oxygen atoms in total. The maximum absolute atomic E-state index is 12.3. The SMILES string of the molecule is Cc1nc(-c2ccc(NC(=O)CCC3Cc4ccccc4NC3=O)cc2)cs1. The first-order valence-electron chi connectivity index (χ1n) is 9.29. The smallest absolute Gasteiger partial charge is 0.227 e. The van der Waals surface area contributed by atoms with E-state index < -0.39 is 0 Å². The molecule has 0 radical (unpaired) electrons. The lowest BCUT2D eigenvalue weighted by molar-refractivity contribution is -0.121. The van der Waals surface area contributed by atoms with Gasteiger partial charge >= 0.3 is 0 Å². The summed E-state index contributed by atoms with van der Waals surface area (Å²) in [6.45, 7) is 1.98. The number of nitrogens with one attached hydrogen (secondary N) is 2. The number of rotatable bonds is 5. The van der Waals surface area contributed by atoms with Crippen LogP contribution in [0.25, 0.3) is 11.3 Å². The van der Waals surface area contributed by atoms with Crippen molar-refractivity contribution in [3.8, 4) is 11.3 Å². The second-order valence-electron chi connectivity index (χ2n) is 6.96. The van der Waals surface area contributed by atoms with Crippen LogP contribution in [-0.2, 0) is 16.0 Å². The van der Waals surface area contributed by atoms with Crippen LogP contribution in [0.5, 0.6) is 0 Å². The van der Waals surface area contributed by atoms with Crippen LogP contribution < -0.4 is 10.6 Å². The number of para-hydroxylation sites is 1. The Morgan fingerprint density at radius 3 is 2.75 bits per heavy atom. The summed E-state index contributed by atoms with van der Waals surface area (Å²) in [6.07, 6.45) is 1.52. The Kier molecular flexibility index (Phi) is 5.21. The fourth-order valence-electron chi connectivity index (χ4n) is 3.40. The van der Waals surface area contributed by atoms with E-state index in [-0.39, 0.29) is 17.7 Å². The van der Waals surface area contributed by atoms with Gasteiger partial charge in [-0.05, 0) is 43.5 Å². The molecule has 1 aliphatic rings. The number of aromatic nitrogens is 1. The summed E-state index contributed by atoms with van der Waals surface area (Å²) in [6, 6.07) is 15.5. The number of carbonyl (C=O) groups is 2. The summed E-state index contributed by atoms with van der Waals surface area (Å²) in [5.41, 5.74) is 4.73. The molecule has 2 aromatic carbocycles. The highest BCUT2D eigenvalue weighted by Gasteiger charge is 2.26. The number of amides is 2. The third kappa shape index (κ3) is 4.12. The normalized spacial score (nSPS) is 15.6. The summed E-state index contributed by atoms with van der Waals surface area (Å²) in [5, 5.41) is 8.90. The Labute approximate surface area is 167 Å². The highest BCUT2D eigenvalue weighted by molar-refractivity contribution is 7.09. The highest BCUT2D eigenvalue weighted by atomic mass is 32.1. The van der Waals surface area contributed by atoms with Crippen molar-refractivity contribution in [1.82, 2.24) is 4.98 Å². The van der Waals surface area contributed by atoms with Gasteiger partial charge in [-0.2, -0.15) is 0 Å². The standard InChI is InChI=1S/C22H21N3O2S/c1-14-23-20(13-28-14)15-6-9-18(10-7-15)24-21(26)11-8-17-12-16-4-2-3-5-19(16)25-22(17)27/h2-7,9-10,13,17H,8,11-12H2,1H3,(H,24,26)(H,25,27). The van der Waals surface area contributed by atoms with E-state index in [2.05, 4.69) is 15.6 Å². The topological polar surface area (TPSA) is 71.1 Å². The van der Waals surface area contributed by atoms with Gasteiger partial charge in [0, 0.05) is 34.7 Å². The number of aryl methyl sites for hydroxylation is 1. The predicted molar refractivity (Wildman–Crippen MR) is 112 cm³/mol. The Hall–Kier alpha value is -2.99. The van der Waals surface area contributed by atoms with Gasteiger partial charge in [-0.25, -0.2) is 4.98 Å². The van der Waals surface area contributed by atoms with Crippen molar-refractivity contribution in [3.63, 3.8) is 0 Å². The zero-order valence-electron chi connectivity index (χ0n) is 15.6. The van der Waals surface area contributed by atoms with Gasteiger partial charge in [0.05, 0.1) is 10.7 Å². The summed E-state index contributed by atoms with van der Waals surface area (Å²) in [5.74, 6) is -0.255. The molecule has 2 heterocycles. The van der Waals surface area contributed by atoms with Crippen molar-refractivity contribution in [2.45, 2.75) is 26.2 Å². The molecule has 1 aromatic heterocycles. The van der Waals surface area contributed by atoms with E-state index in [1.807, 2.05) is 60.8 Å². The number of benzene rings is 2. The van der Waals surface area contributed by atoms with Crippen LogP contribution in [0.15, 0.2) is 53.9 Å². The molecule has 3 aromatic rings. The summed E-state index contributed by atoms with van der Waals surface area (Å²) >= 11 is 1.62. The Bertz CT molecular complexity index is 1010. The monoisotopic (exact) mass is 391 g/mol. The number of fused-ring (bicyclic) bond motifs is 1. The maximum atomic E-state index is 12.3. The molecule has 0 aliphatic carbocycles. The second kappa shape index (κ2) is 7.94. The Balaban J connectivity index is 1.32. The largest absolute Gasteiger partial charge is 0.326 e. The van der Waals surface area contributed by atoms with Gasteiger partial charge in [-0.1, -0.05) is 30.3 Å². The van der Waals surface area contributed by atoms with Crippen molar-refractivity contribution in [2.75, 3.05) is 10.6 Å². The molecule has 2 N–H and O–H groups in total. The van der Waals surface area contributed by atoms with Gasteiger partial charge in [0.1, 0.15) is 0 Å². The molecule has 1 atom stereocenters. The molecule has 28 heavy (non-hydrogen) atoms. The number of hydrogen-bond acceptors (Lipinski definition) is 4. The third-order valence-electron chi connectivity index (χ3n) is 4.92.